The summed E-state index contributed by atoms with van der Waals surface area (Å²) in [6.45, 7) is 2.64. The highest BCUT2D eigenvalue weighted by Crippen LogP contribution is 2.23. The molecule has 6 heteroatoms. The number of hydrogen-bond acceptors (Lipinski definition) is 5. The summed E-state index contributed by atoms with van der Waals surface area (Å²) in [6.07, 6.45) is 0. The Bertz CT molecular complexity index is 1290. The van der Waals surface area contributed by atoms with Gasteiger partial charge in [0.25, 0.3) is 5.91 Å². The van der Waals surface area contributed by atoms with Crippen LogP contribution in [0.3, 0.4) is 0 Å². The normalized spacial score (nSPS) is 10.7. The van der Waals surface area contributed by atoms with Crippen LogP contribution in [-0.2, 0) is 0 Å². The van der Waals surface area contributed by atoms with Crippen LogP contribution in [0.5, 0.6) is 11.5 Å². The van der Waals surface area contributed by atoms with Gasteiger partial charge in [0.2, 0.25) is 0 Å². The van der Waals surface area contributed by atoms with Gasteiger partial charge in [-0.05, 0) is 55.5 Å². The van der Waals surface area contributed by atoms with Gasteiger partial charge >= 0.3 is 0 Å². The first kappa shape index (κ1) is 21.2. The van der Waals surface area contributed by atoms with E-state index in [4.69, 9.17) is 13.9 Å². The second kappa shape index (κ2) is 9.39. The first-order valence-electron chi connectivity index (χ1n) is 10.2. The zero-order chi connectivity index (χ0) is 22.5. The van der Waals surface area contributed by atoms with Crippen molar-refractivity contribution in [3.63, 3.8) is 0 Å². The molecule has 0 fully saturated rings. The molecule has 0 spiro atoms. The highest BCUT2D eigenvalue weighted by atomic mass is 16.5. The molecule has 1 amide bonds. The van der Waals surface area contributed by atoms with E-state index in [0.29, 0.717) is 41.2 Å². The summed E-state index contributed by atoms with van der Waals surface area (Å²) in [5.41, 5.74) is 2.68. The van der Waals surface area contributed by atoms with E-state index in [9.17, 15) is 9.59 Å². The number of carbonyl (C=O) groups excluding carboxylic acids is 1. The van der Waals surface area contributed by atoms with Gasteiger partial charge in [0.15, 0.2) is 5.43 Å². The average Bonchev–Trinajstić information content (AvgIpc) is 2.82. The SMILES string of the molecule is COc1ccc(OCCNC(=O)c2ccc(-c3cc(=O)c4cc(C)ccc4o3)cc2)cc1. The van der Waals surface area contributed by atoms with Gasteiger partial charge in [0, 0.05) is 17.2 Å². The number of hydrogen-bond donors (Lipinski definition) is 1. The smallest absolute Gasteiger partial charge is 0.251 e. The predicted octanol–water partition coefficient (Wildman–Crippen LogP) is 4.59. The van der Waals surface area contributed by atoms with Crippen LogP contribution in [0.4, 0.5) is 0 Å². The number of amides is 1. The van der Waals surface area contributed by atoms with Gasteiger partial charge in [0.1, 0.15) is 29.4 Å². The second-order valence-corrected chi connectivity index (χ2v) is 7.33. The van der Waals surface area contributed by atoms with Crippen LogP contribution in [0.25, 0.3) is 22.3 Å². The second-order valence-electron chi connectivity index (χ2n) is 7.33. The fourth-order valence-electron chi connectivity index (χ4n) is 3.31. The Morgan fingerprint density at radius 1 is 0.938 bits per heavy atom. The molecule has 0 saturated carbocycles. The maximum absolute atomic E-state index is 12.4. The molecule has 1 heterocycles. The number of ether oxygens (including phenoxy) is 2. The minimum Gasteiger partial charge on any atom is -0.497 e. The first-order chi connectivity index (χ1) is 15.5. The quantitative estimate of drug-likeness (QED) is 0.435. The molecule has 0 atom stereocenters. The van der Waals surface area contributed by atoms with Crippen LogP contribution in [0, 0.1) is 6.92 Å². The number of rotatable bonds is 7. The zero-order valence-corrected chi connectivity index (χ0v) is 17.9. The third kappa shape index (κ3) is 4.81. The average molecular weight is 429 g/mol. The van der Waals surface area contributed by atoms with Crippen LogP contribution >= 0.6 is 0 Å². The molecule has 0 aliphatic heterocycles. The first-order valence-corrected chi connectivity index (χ1v) is 10.2. The van der Waals surface area contributed by atoms with Crippen LogP contribution in [0.15, 0.2) is 82.0 Å². The Balaban J connectivity index is 1.36. The molecule has 1 N–H and O–H groups in total. The molecule has 162 valence electrons. The maximum atomic E-state index is 12.4. The topological polar surface area (TPSA) is 77.8 Å². The molecule has 0 bridgehead atoms. The summed E-state index contributed by atoms with van der Waals surface area (Å²) >= 11 is 0. The molecule has 32 heavy (non-hydrogen) atoms. The summed E-state index contributed by atoms with van der Waals surface area (Å²) in [6, 6.07) is 21.2. The maximum Gasteiger partial charge on any atom is 0.251 e. The number of nitrogens with one attached hydrogen (secondary N) is 1. The van der Waals surface area contributed by atoms with Crippen LogP contribution < -0.4 is 20.2 Å². The molecular formula is C26H23NO5. The summed E-state index contributed by atoms with van der Waals surface area (Å²) in [5, 5.41) is 3.38. The lowest BCUT2D eigenvalue weighted by Gasteiger charge is -2.09. The third-order valence-electron chi connectivity index (χ3n) is 5.03. The van der Waals surface area contributed by atoms with E-state index < -0.39 is 0 Å². The zero-order valence-electron chi connectivity index (χ0n) is 17.9. The molecule has 0 unspecified atom stereocenters. The third-order valence-corrected chi connectivity index (χ3v) is 5.03. The lowest BCUT2D eigenvalue weighted by Crippen LogP contribution is -2.28. The van der Waals surface area contributed by atoms with E-state index >= 15 is 0 Å². The van der Waals surface area contributed by atoms with E-state index in [-0.39, 0.29) is 11.3 Å². The fraction of sp³-hybridized carbons (Fsp3) is 0.154. The minimum absolute atomic E-state index is 0.0939. The van der Waals surface area contributed by atoms with E-state index in [0.717, 1.165) is 16.9 Å². The molecule has 4 rings (SSSR count). The van der Waals surface area contributed by atoms with Crippen molar-refractivity contribution in [1.29, 1.82) is 0 Å². The van der Waals surface area contributed by atoms with Crippen molar-refractivity contribution in [3.05, 3.63) is 94.1 Å². The number of methoxy groups -OCH3 is 1. The number of fused-ring (bicyclic) bond motifs is 1. The van der Waals surface area contributed by atoms with Gasteiger partial charge < -0.3 is 19.2 Å². The number of benzene rings is 3. The van der Waals surface area contributed by atoms with Crippen LogP contribution in [0.1, 0.15) is 15.9 Å². The van der Waals surface area contributed by atoms with Crippen molar-refractivity contribution in [2.75, 3.05) is 20.3 Å². The van der Waals surface area contributed by atoms with Crippen molar-refractivity contribution in [3.8, 4) is 22.8 Å². The lowest BCUT2D eigenvalue weighted by atomic mass is 10.1. The Morgan fingerprint density at radius 2 is 1.66 bits per heavy atom. The van der Waals surface area contributed by atoms with Gasteiger partial charge in [0.05, 0.1) is 19.0 Å². The molecule has 0 saturated heterocycles. The Morgan fingerprint density at radius 3 is 2.38 bits per heavy atom. The molecular weight excluding hydrogens is 406 g/mol. The Labute approximate surface area is 185 Å². The molecule has 6 nitrogen and oxygen atoms in total. The molecule has 4 aromatic rings. The minimum atomic E-state index is -0.203. The Kier molecular flexibility index (Phi) is 6.22. The fourth-order valence-corrected chi connectivity index (χ4v) is 3.31. The number of carbonyl (C=O) groups is 1. The summed E-state index contributed by atoms with van der Waals surface area (Å²) < 4.78 is 16.6. The molecule has 1 aromatic heterocycles. The summed E-state index contributed by atoms with van der Waals surface area (Å²) in [5.74, 6) is 1.72. The molecule has 0 aliphatic carbocycles. The van der Waals surface area contributed by atoms with E-state index in [2.05, 4.69) is 5.32 Å². The summed E-state index contributed by atoms with van der Waals surface area (Å²) in [4.78, 5) is 24.8. The van der Waals surface area contributed by atoms with Crippen molar-refractivity contribution < 1.29 is 18.7 Å². The largest absolute Gasteiger partial charge is 0.497 e. The molecule has 3 aromatic carbocycles. The highest BCUT2D eigenvalue weighted by Gasteiger charge is 2.09. The monoisotopic (exact) mass is 429 g/mol. The van der Waals surface area contributed by atoms with Crippen molar-refractivity contribution in [2.24, 2.45) is 0 Å². The lowest BCUT2D eigenvalue weighted by molar-refractivity contribution is 0.0947. The summed E-state index contributed by atoms with van der Waals surface area (Å²) in [7, 11) is 1.61. The van der Waals surface area contributed by atoms with E-state index in [1.165, 1.54) is 6.07 Å². The van der Waals surface area contributed by atoms with E-state index in [1.807, 2.05) is 43.3 Å². The van der Waals surface area contributed by atoms with Gasteiger partial charge in [-0.25, -0.2) is 0 Å². The molecule has 0 radical (unpaired) electrons. The van der Waals surface area contributed by atoms with Crippen LogP contribution in [-0.4, -0.2) is 26.2 Å². The van der Waals surface area contributed by atoms with Gasteiger partial charge in [-0.15, -0.1) is 0 Å². The standard InChI is InChI=1S/C26H23NO5/c1-17-3-12-24-22(15-17)23(28)16-25(32-24)18-4-6-19(7-5-18)26(29)27-13-14-31-21-10-8-20(30-2)9-11-21/h3-12,15-16H,13-14H2,1-2H3,(H,27,29). The van der Waals surface area contributed by atoms with Gasteiger partial charge in [-0.3, -0.25) is 9.59 Å². The predicted molar refractivity (Wildman–Crippen MR) is 123 cm³/mol. The van der Waals surface area contributed by atoms with Crippen molar-refractivity contribution >= 4 is 16.9 Å². The van der Waals surface area contributed by atoms with Gasteiger partial charge in [-0.2, -0.15) is 0 Å². The van der Waals surface area contributed by atoms with Crippen molar-refractivity contribution in [1.82, 2.24) is 5.32 Å². The van der Waals surface area contributed by atoms with E-state index in [1.54, 1.807) is 37.4 Å². The van der Waals surface area contributed by atoms with Crippen molar-refractivity contribution in [2.45, 2.75) is 6.92 Å². The number of aryl methyl sites for hydroxylation is 1. The Hall–Kier alpha value is -4.06. The van der Waals surface area contributed by atoms with Gasteiger partial charge in [-0.1, -0.05) is 23.8 Å². The molecule has 0 aliphatic rings. The highest BCUT2D eigenvalue weighted by molar-refractivity contribution is 5.94. The van der Waals surface area contributed by atoms with Crippen LogP contribution in [0.2, 0.25) is 0 Å².